The quantitative estimate of drug-likeness (QED) is 0.396. The first-order valence-electron chi connectivity index (χ1n) is 11.1. The number of fused-ring (bicyclic) bond motifs is 1. The molecule has 4 aromatic rings. The van der Waals surface area contributed by atoms with Gasteiger partial charge in [0.05, 0.1) is 31.0 Å². The minimum absolute atomic E-state index is 0.0931. The van der Waals surface area contributed by atoms with Crippen molar-refractivity contribution < 1.29 is 24.2 Å². The fourth-order valence-corrected chi connectivity index (χ4v) is 4.37. The van der Waals surface area contributed by atoms with E-state index in [2.05, 4.69) is 10.2 Å². The highest BCUT2D eigenvalue weighted by Crippen LogP contribution is 2.45. The number of hydrogen-bond donors (Lipinski definition) is 2. The van der Waals surface area contributed by atoms with E-state index in [9.17, 15) is 14.7 Å². The number of nitrogens with zero attached hydrogens (tertiary/aromatic N) is 2. The summed E-state index contributed by atoms with van der Waals surface area (Å²) in [6.45, 7) is 2.03. The lowest BCUT2D eigenvalue weighted by Gasteiger charge is -2.26. The normalized spacial score (nSPS) is 14.6. The minimum Gasteiger partial charge on any atom is -0.508 e. The number of H-pyrrole nitrogens is 1. The van der Waals surface area contributed by atoms with E-state index in [0.29, 0.717) is 34.0 Å². The summed E-state index contributed by atoms with van der Waals surface area (Å²) in [5, 5.41) is 17.6. The molecule has 0 saturated carbocycles. The molecule has 8 heteroatoms. The summed E-state index contributed by atoms with van der Waals surface area (Å²) in [6, 6.07) is 20.4. The van der Waals surface area contributed by atoms with Gasteiger partial charge in [0.25, 0.3) is 5.91 Å². The minimum atomic E-state index is -0.547. The third-order valence-electron chi connectivity index (χ3n) is 5.97. The molecule has 5 rings (SSSR count). The second kappa shape index (κ2) is 8.98. The van der Waals surface area contributed by atoms with Crippen molar-refractivity contribution in [1.82, 2.24) is 10.2 Å². The number of methoxy groups -OCH3 is 1. The fourth-order valence-electron chi connectivity index (χ4n) is 4.37. The zero-order chi connectivity index (χ0) is 24.5. The molecule has 1 amide bonds. The summed E-state index contributed by atoms with van der Waals surface area (Å²) >= 11 is 0. The highest BCUT2D eigenvalue weighted by Gasteiger charge is 2.43. The summed E-state index contributed by atoms with van der Waals surface area (Å²) < 4.78 is 10.3. The van der Waals surface area contributed by atoms with Crippen molar-refractivity contribution in [2.45, 2.75) is 13.0 Å². The van der Waals surface area contributed by atoms with E-state index in [4.69, 9.17) is 9.47 Å². The van der Waals surface area contributed by atoms with Gasteiger partial charge < -0.3 is 14.6 Å². The van der Waals surface area contributed by atoms with Crippen LogP contribution in [0.25, 0.3) is 11.3 Å². The van der Waals surface area contributed by atoms with Crippen molar-refractivity contribution in [3.05, 3.63) is 95.2 Å². The first kappa shape index (κ1) is 22.2. The van der Waals surface area contributed by atoms with Crippen molar-refractivity contribution in [3.63, 3.8) is 0 Å². The van der Waals surface area contributed by atoms with E-state index >= 15 is 0 Å². The molecule has 0 spiro atoms. The Morgan fingerprint density at radius 3 is 2.49 bits per heavy atom. The topological polar surface area (TPSA) is 105 Å². The number of carbonyl (C=O) groups excluding carboxylic acids is 2. The summed E-state index contributed by atoms with van der Waals surface area (Å²) in [5.41, 5.74) is 4.26. The van der Waals surface area contributed by atoms with Crippen LogP contribution >= 0.6 is 0 Å². The van der Waals surface area contributed by atoms with Crippen molar-refractivity contribution >= 4 is 17.6 Å². The number of nitrogens with one attached hydrogen (secondary N) is 1. The number of aromatic hydroxyl groups is 1. The molecule has 1 aromatic heterocycles. The zero-order valence-corrected chi connectivity index (χ0v) is 19.2. The van der Waals surface area contributed by atoms with Crippen LogP contribution in [0.5, 0.6) is 11.5 Å². The van der Waals surface area contributed by atoms with Gasteiger partial charge >= 0.3 is 5.97 Å². The maximum absolute atomic E-state index is 13.6. The number of rotatable bonds is 6. The van der Waals surface area contributed by atoms with E-state index in [1.807, 2.05) is 30.3 Å². The molecule has 1 aliphatic heterocycles. The Hall–Kier alpha value is -4.59. The number of anilines is 1. The molecule has 0 saturated heterocycles. The van der Waals surface area contributed by atoms with Crippen LogP contribution in [0.4, 0.5) is 5.69 Å². The molecular weight excluding hydrogens is 446 g/mol. The number of carbonyl (C=O) groups is 2. The molecular formula is C27H23N3O5. The van der Waals surface area contributed by atoms with Crippen LogP contribution in [0.15, 0.2) is 72.8 Å². The molecule has 1 aliphatic rings. The highest BCUT2D eigenvalue weighted by atomic mass is 16.5. The van der Waals surface area contributed by atoms with Gasteiger partial charge in [-0.25, -0.2) is 4.79 Å². The van der Waals surface area contributed by atoms with Crippen LogP contribution in [0.2, 0.25) is 0 Å². The van der Waals surface area contributed by atoms with Gasteiger partial charge in [-0.1, -0.05) is 12.1 Å². The SMILES string of the molecule is CCOC(=O)c1ccc(N2C(=O)c3[nH]nc(-c4ccc(OC)cc4)c3[C@H]2c2cccc(O)c2)cc1. The predicted molar refractivity (Wildman–Crippen MR) is 130 cm³/mol. The van der Waals surface area contributed by atoms with Crippen molar-refractivity contribution in [2.24, 2.45) is 0 Å². The molecule has 35 heavy (non-hydrogen) atoms. The van der Waals surface area contributed by atoms with Gasteiger partial charge in [0.15, 0.2) is 0 Å². The van der Waals surface area contributed by atoms with Gasteiger partial charge in [-0.3, -0.25) is 14.8 Å². The van der Waals surface area contributed by atoms with E-state index in [-0.39, 0.29) is 18.3 Å². The number of hydrogen-bond acceptors (Lipinski definition) is 6. The van der Waals surface area contributed by atoms with E-state index < -0.39 is 12.0 Å². The molecule has 0 unspecified atom stereocenters. The largest absolute Gasteiger partial charge is 0.508 e. The number of phenols is 1. The summed E-state index contributed by atoms with van der Waals surface area (Å²) in [4.78, 5) is 27.3. The third kappa shape index (κ3) is 3.89. The molecule has 0 aliphatic carbocycles. The molecule has 176 valence electrons. The summed E-state index contributed by atoms with van der Waals surface area (Å²) in [6.07, 6.45) is 0. The van der Waals surface area contributed by atoms with Crippen LogP contribution in [0.1, 0.15) is 44.9 Å². The smallest absolute Gasteiger partial charge is 0.338 e. The highest BCUT2D eigenvalue weighted by molar-refractivity contribution is 6.12. The maximum Gasteiger partial charge on any atom is 0.338 e. The Balaban J connectivity index is 1.62. The molecule has 0 radical (unpaired) electrons. The lowest BCUT2D eigenvalue weighted by Crippen LogP contribution is -2.29. The summed E-state index contributed by atoms with van der Waals surface area (Å²) in [7, 11) is 1.60. The maximum atomic E-state index is 13.6. The van der Waals surface area contributed by atoms with Gasteiger partial charge in [-0.15, -0.1) is 0 Å². The number of ether oxygens (including phenoxy) is 2. The predicted octanol–water partition coefficient (Wildman–Crippen LogP) is 4.72. The standard InChI is InChI=1S/C27H23N3O5/c1-3-35-27(33)17-7-11-19(12-8-17)30-25(18-5-4-6-20(31)15-18)22-23(28-29-24(22)26(30)32)16-9-13-21(34-2)14-10-16/h4-15,25,31H,3H2,1-2H3,(H,28,29)/t25-/m1/s1. The monoisotopic (exact) mass is 469 g/mol. The Morgan fingerprint density at radius 1 is 1.09 bits per heavy atom. The molecule has 0 fully saturated rings. The Bertz CT molecular complexity index is 1390. The number of aromatic amines is 1. The average Bonchev–Trinajstić information content (AvgIpc) is 3.43. The molecule has 2 heterocycles. The average molecular weight is 469 g/mol. The number of esters is 1. The van der Waals surface area contributed by atoms with Crippen molar-refractivity contribution in [1.29, 1.82) is 0 Å². The number of amides is 1. The second-order valence-electron chi connectivity index (χ2n) is 8.03. The van der Waals surface area contributed by atoms with Crippen LogP contribution in [-0.2, 0) is 4.74 Å². The van der Waals surface area contributed by atoms with Crippen LogP contribution in [0.3, 0.4) is 0 Å². The van der Waals surface area contributed by atoms with Gasteiger partial charge in [0.2, 0.25) is 0 Å². The van der Waals surface area contributed by atoms with E-state index in [1.165, 1.54) is 0 Å². The third-order valence-corrected chi connectivity index (χ3v) is 5.97. The van der Waals surface area contributed by atoms with Crippen molar-refractivity contribution in [2.75, 3.05) is 18.6 Å². The lowest BCUT2D eigenvalue weighted by molar-refractivity contribution is 0.0526. The number of benzene rings is 3. The van der Waals surface area contributed by atoms with E-state index in [0.717, 1.165) is 11.1 Å². The van der Waals surface area contributed by atoms with Gasteiger partial charge in [0, 0.05) is 16.8 Å². The Morgan fingerprint density at radius 2 is 1.83 bits per heavy atom. The Kier molecular flexibility index (Phi) is 5.70. The number of aromatic nitrogens is 2. The Labute approximate surface area is 201 Å². The lowest BCUT2D eigenvalue weighted by atomic mass is 9.95. The summed E-state index contributed by atoms with van der Waals surface area (Å²) in [5.74, 6) is 0.123. The number of phenolic OH excluding ortho intramolecular Hbond substituents is 1. The van der Waals surface area contributed by atoms with Crippen LogP contribution in [0, 0.1) is 0 Å². The molecule has 8 nitrogen and oxygen atoms in total. The fraction of sp³-hybridized carbons (Fsp3) is 0.148. The van der Waals surface area contributed by atoms with Gasteiger partial charge in [-0.05, 0) is 73.2 Å². The molecule has 3 aromatic carbocycles. The van der Waals surface area contributed by atoms with Crippen LogP contribution < -0.4 is 9.64 Å². The van der Waals surface area contributed by atoms with Crippen molar-refractivity contribution in [3.8, 4) is 22.8 Å². The zero-order valence-electron chi connectivity index (χ0n) is 19.2. The molecule has 0 bridgehead atoms. The molecule has 2 N–H and O–H groups in total. The molecule has 1 atom stereocenters. The van der Waals surface area contributed by atoms with E-state index in [1.54, 1.807) is 61.4 Å². The van der Waals surface area contributed by atoms with Crippen LogP contribution in [-0.4, -0.2) is 40.9 Å². The first-order valence-corrected chi connectivity index (χ1v) is 11.1. The first-order chi connectivity index (χ1) is 17.0. The van der Waals surface area contributed by atoms with Gasteiger partial charge in [-0.2, -0.15) is 5.10 Å². The van der Waals surface area contributed by atoms with Gasteiger partial charge in [0.1, 0.15) is 17.2 Å². The second-order valence-corrected chi connectivity index (χ2v) is 8.03.